The van der Waals surface area contributed by atoms with Gasteiger partial charge in [0.2, 0.25) is 5.91 Å². The molecule has 1 heterocycles. The van der Waals surface area contributed by atoms with Crippen LogP contribution in [0.25, 0.3) is 0 Å². The molecule has 0 saturated heterocycles. The number of amides is 1. The lowest BCUT2D eigenvalue weighted by molar-refractivity contribution is -0.148. The molecule has 3 rings (SSSR count). The predicted molar refractivity (Wildman–Crippen MR) is 85.9 cm³/mol. The van der Waals surface area contributed by atoms with Crippen molar-refractivity contribution in [3.63, 3.8) is 0 Å². The Balaban J connectivity index is 1.66. The minimum absolute atomic E-state index is 0.0988. The highest BCUT2D eigenvalue weighted by Gasteiger charge is 2.69. The quantitative estimate of drug-likeness (QED) is 0.511. The monoisotopic (exact) mass is 355 g/mol. The lowest BCUT2D eigenvalue weighted by Crippen LogP contribution is -2.24. The fraction of sp³-hybridized carbons (Fsp3) is 0.438. The number of ketones is 1. The first-order valence-corrected chi connectivity index (χ1v) is 7.94. The zero-order valence-electron chi connectivity index (χ0n) is 12.6. The Labute approximate surface area is 143 Å². The number of esters is 1. The Morgan fingerprint density at radius 3 is 2.65 bits per heavy atom. The van der Waals surface area contributed by atoms with Crippen LogP contribution in [-0.4, -0.2) is 28.6 Å². The van der Waals surface area contributed by atoms with Gasteiger partial charge in [0.15, 0.2) is 12.4 Å². The van der Waals surface area contributed by atoms with Crippen LogP contribution in [0.4, 0.5) is 5.69 Å². The number of hydrogen-bond donors (Lipinski definition) is 1. The van der Waals surface area contributed by atoms with Crippen LogP contribution < -0.4 is 5.32 Å². The van der Waals surface area contributed by atoms with Crippen LogP contribution in [0.5, 0.6) is 0 Å². The molecule has 0 spiro atoms. The smallest absolute Gasteiger partial charge is 0.315 e. The SMILES string of the molecule is C[C@@H]1C(=O)Nc2ccc(C(=O)COC(=O)[C@@]3(C)CC3(Cl)Cl)cc21. The molecule has 0 radical (unpaired) electrons. The number of carbonyl (C=O) groups is 3. The van der Waals surface area contributed by atoms with Crippen LogP contribution in [0.2, 0.25) is 0 Å². The number of hydrogen-bond acceptors (Lipinski definition) is 4. The van der Waals surface area contributed by atoms with E-state index in [1.165, 1.54) is 0 Å². The van der Waals surface area contributed by atoms with Crippen LogP contribution in [0.15, 0.2) is 18.2 Å². The Kier molecular flexibility index (Phi) is 3.69. The van der Waals surface area contributed by atoms with Gasteiger partial charge >= 0.3 is 5.97 Å². The molecular weight excluding hydrogens is 341 g/mol. The Hall–Kier alpha value is -1.59. The third-order valence-corrected chi connectivity index (χ3v) is 5.64. The standard InChI is InChI=1S/C16H15Cl2NO4/c1-8-10-5-9(3-4-11(10)19-13(8)21)12(20)6-23-14(22)15(2)7-16(15,17)18/h3-5,8H,6-7H2,1-2H3,(H,19,21)/t8-,15+/m0/s1. The molecule has 1 amide bonds. The van der Waals surface area contributed by atoms with E-state index in [0.29, 0.717) is 17.7 Å². The van der Waals surface area contributed by atoms with Gasteiger partial charge in [-0.05, 0) is 37.6 Å². The van der Waals surface area contributed by atoms with Crippen molar-refractivity contribution < 1.29 is 19.1 Å². The van der Waals surface area contributed by atoms with Crippen LogP contribution in [0, 0.1) is 5.41 Å². The average Bonchev–Trinajstić information content (AvgIpc) is 2.89. The summed E-state index contributed by atoms with van der Waals surface area (Å²) in [5.41, 5.74) is 0.903. The third-order valence-electron chi connectivity index (χ3n) is 4.53. The molecule has 2 atom stereocenters. The summed E-state index contributed by atoms with van der Waals surface area (Å²) in [5, 5.41) is 2.74. The van der Waals surface area contributed by atoms with Gasteiger partial charge in [-0.1, -0.05) is 0 Å². The van der Waals surface area contributed by atoms with Crippen molar-refractivity contribution in [2.45, 2.75) is 30.5 Å². The Morgan fingerprint density at radius 2 is 2.04 bits per heavy atom. The lowest BCUT2D eigenvalue weighted by Gasteiger charge is -2.11. The van der Waals surface area contributed by atoms with Crippen molar-refractivity contribution in [2.24, 2.45) is 5.41 Å². The van der Waals surface area contributed by atoms with Crippen molar-refractivity contribution in [2.75, 3.05) is 11.9 Å². The summed E-state index contributed by atoms with van der Waals surface area (Å²) in [4.78, 5) is 35.8. The molecule has 1 aromatic carbocycles. The largest absolute Gasteiger partial charge is 0.457 e. The maximum Gasteiger partial charge on any atom is 0.315 e. The van der Waals surface area contributed by atoms with Crippen molar-refractivity contribution in [3.05, 3.63) is 29.3 Å². The van der Waals surface area contributed by atoms with Crippen molar-refractivity contribution in [3.8, 4) is 0 Å². The third kappa shape index (κ3) is 2.62. The van der Waals surface area contributed by atoms with Crippen molar-refractivity contribution >= 4 is 46.5 Å². The first-order chi connectivity index (χ1) is 10.7. The van der Waals surface area contributed by atoms with E-state index in [-0.39, 0.29) is 24.2 Å². The Bertz CT molecular complexity index is 731. The second-order valence-corrected chi connectivity index (χ2v) is 7.71. The summed E-state index contributed by atoms with van der Waals surface area (Å²) in [7, 11) is 0. The van der Waals surface area contributed by atoms with Crippen LogP contribution >= 0.6 is 23.2 Å². The molecule has 0 unspecified atom stereocenters. The summed E-state index contributed by atoms with van der Waals surface area (Å²) in [5.74, 6) is -1.33. The first kappa shape index (κ1) is 16.3. The van der Waals surface area contributed by atoms with Crippen LogP contribution in [0.1, 0.15) is 42.1 Å². The zero-order chi connectivity index (χ0) is 17.0. The number of fused-ring (bicyclic) bond motifs is 1. The number of nitrogens with one attached hydrogen (secondary N) is 1. The fourth-order valence-electron chi connectivity index (χ4n) is 2.59. The fourth-order valence-corrected chi connectivity index (χ4v) is 3.27. The summed E-state index contributed by atoms with van der Waals surface area (Å²) in [6.07, 6.45) is 0.306. The topological polar surface area (TPSA) is 72.5 Å². The molecule has 122 valence electrons. The molecule has 1 aliphatic heterocycles. The molecule has 23 heavy (non-hydrogen) atoms. The summed E-state index contributed by atoms with van der Waals surface area (Å²) >= 11 is 11.8. The van der Waals surface area contributed by atoms with E-state index in [9.17, 15) is 14.4 Å². The molecule has 1 aromatic rings. The van der Waals surface area contributed by atoms with E-state index < -0.39 is 15.7 Å². The van der Waals surface area contributed by atoms with Gasteiger partial charge in [0, 0.05) is 17.7 Å². The van der Waals surface area contributed by atoms with E-state index in [2.05, 4.69) is 5.32 Å². The molecule has 0 aromatic heterocycles. The average molecular weight is 356 g/mol. The van der Waals surface area contributed by atoms with Gasteiger partial charge < -0.3 is 10.1 Å². The number of halogens is 2. The minimum Gasteiger partial charge on any atom is -0.457 e. The summed E-state index contributed by atoms with van der Waals surface area (Å²) in [6, 6.07) is 4.93. The lowest BCUT2D eigenvalue weighted by atomic mass is 9.99. The van der Waals surface area contributed by atoms with Gasteiger partial charge in [-0.25, -0.2) is 0 Å². The number of Topliss-reactive ketones (excluding diaryl/α,β-unsaturated/α-hetero) is 1. The number of carbonyl (C=O) groups excluding carboxylic acids is 3. The zero-order valence-corrected chi connectivity index (χ0v) is 14.1. The molecule has 1 aliphatic carbocycles. The van der Waals surface area contributed by atoms with Gasteiger partial charge in [-0.15, -0.1) is 23.2 Å². The number of anilines is 1. The predicted octanol–water partition coefficient (Wildman–Crippen LogP) is 3.05. The molecular formula is C16H15Cl2NO4. The summed E-state index contributed by atoms with van der Waals surface area (Å²) in [6.45, 7) is 2.99. The van der Waals surface area contributed by atoms with Crippen LogP contribution in [-0.2, 0) is 14.3 Å². The molecule has 1 fully saturated rings. The molecule has 1 saturated carbocycles. The highest BCUT2D eigenvalue weighted by molar-refractivity contribution is 6.53. The van der Waals surface area contributed by atoms with Gasteiger partial charge in [0.25, 0.3) is 0 Å². The maximum atomic E-state index is 12.2. The highest BCUT2D eigenvalue weighted by Crippen LogP contribution is 2.64. The number of alkyl halides is 2. The molecule has 1 N–H and O–H groups in total. The van der Waals surface area contributed by atoms with Gasteiger partial charge in [-0.3, -0.25) is 14.4 Å². The van der Waals surface area contributed by atoms with Gasteiger partial charge in [-0.2, -0.15) is 0 Å². The Morgan fingerprint density at radius 1 is 1.39 bits per heavy atom. The van der Waals surface area contributed by atoms with E-state index in [0.717, 1.165) is 5.56 Å². The van der Waals surface area contributed by atoms with E-state index in [4.69, 9.17) is 27.9 Å². The summed E-state index contributed by atoms with van der Waals surface area (Å²) < 4.78 is 3.93. The molecule has 7 heteroatoms. The number of rotatable bonds is 4. The molecule has 5 nitrogen and oxygen atoms in total. The van der Waals surface area contributed by atoms with Gasteiger partial charge in [0.05, 0.1) is 5.92 Å². The number of benzene rings is 1. The molecule has 2 aliphatic rings. The van der Waals surface area contributed by atoms with E-state index in [1.807, 2.05) is 0 Å². The van der Waals surface area contributed by atoms with E-state index in [1.54, 1.807) is 32.0 Å². The van der Waals surface area contributed by atoms with Crippen molar-refractivity contribution in [1.82, 2.24) is 0 Å². The highest BCUT2D eigenvalue weighted by atomic mass is 35.5. The first-order valence-electron chi connectivity index (χ1n) is 7.19. The molecule has 0 bridgehead atoms. The number of ether oxygens (including phenoxy) is 1. The van der Waals surface area contributed by atoms with Crippen LogP contribution in [0.3, 0.4) is 0 Å². The van der Waals surface area contributed by atoms with Crippen molar-refractivity contribution in [1.29, 1.82) is 0 Å². The van der Waals surface area contributed by atoms with E-state index >= 15 is 0 Å². The minimum atomic E-state index is -1.12. The second-order valence-electron chi connectivity index (χ2n) is 6.23. The normalized spacial score (nSPS) is 27.1. The van der Waals surface area contributed by atoms with Gasteiger partial charge in [0.1, 0.15) is 9.75 Å². The second kappa shape index (κ2) is 5.21. The maximum absolute atomic E-state index is 12.2.